The van der Waals surface area contributed by atoms with Crippen LogP contribution in [0.1, 0.15) is 25.3 Å². The summed E-state index contributed by atoms with van der Waals surface area (Å²) in [7, 11) is 0. The van der Waals surface area contributed by atoms with Crippen molar-refractivity contribution >= 4 is 26.8 Å². The molecule has 4 nitrogen and oxygen atoms in total. The molecule has 1 fully saturated rings. The van der Waals surface area contributed by atoms with Gasteiger partial charge in [-0.2, -0.15) is 0 Å². The third-order valence-corrected chi connectivity index (χ3v) is 7.15. The molecule has 0 atom stereocenters. The molecule has 0 unspecified atom stereocenters. The van der Waals surface area contributed by atoms with E-state index in [1.165, 1.54) is 29.5 Å². The van der Waals surface area contributed by atoms with E-state index in [9.17, 15) is 4.79 Å². The van der Waals surface area contributed by atoms with Crippen molar-refractivity contribution in [2.45, 2.75) is 26.3 Å². The van der Waals surface area contributed by atoms with Crippen LogP contribution in [0.2, 0.25) is 0 Å². The summed E-state index contributed by atoms with van der Waals surface area (Å²) in [6.45, 7) is 5.06. The molecule has 30 heavy (non-hydrogen) atoms. The molecule has 0 N–H and O–H groups in total. The van der Waals surface area contributed by atoms with Crippen LogP contribution in [0.15, 0.2) is 71.7 Å². The van der Waals surface area contributed by atoms with Crippen LogP contribution in [0.3, 0.4) is 0 Å². The second-order valence-electron chi connectivity index (χ2n) is 8.15. The first kappa shape index (κ1) is 19.1. The standard InChI is InChI=1S/C25H25N3OS/c1-18-11-14-27(15-12-18)25-26-23-22(29)13-16-28(24(23)30-25)17-20-9-5-6-10-21(20)19-7-3-2-4-8-19/h2-10,13,16,18H,11-12,14-15,17H2,1H3. The Morgan fingerprint density at radius 1 is 1.00 bits per heavy atom. The number of nitrogens with zero attached hydrogens (tertiary/aromatic N) is 3. The van der Waals surface area contributed by atoms with Crippen molar-refractivity contribution in [1.29, 1.82) is 0 Å². The third kappa shape index (κ3) is 3.65. The fourth-order valence-corrected chi connectivity index (χ4v) is 5.27. The first-order valence-electron chi connectivity index (χ1n) is 10.6. The lowest BCUT2D eigenvalue weighted by atomic mass is 10.00. The van der Waals surface area contributed by atoms with Crippen molar-refractivity contribution < 1.29 is 0 Å². The Balaban J connectivity index is 1.53. The Morgan fingerprint density at radius 2 is 1.73 bits per heavy atom. The molecule has 1 aliphatic heterocycles. The Labute approximate surface area is 180 Å². The molecular formula is C25H25N3OS. The predicted molar refractivity (Wildman–Crippen MR) is 125 cm³/mol. The van der Waals surface area contributed by atoms with Crippen LogP contribution in [0.25, 0.3) is 21.5 Å². The van der Waals surface area contributed by atoms with Crippen molar-refractivity contribution in [3.05, 3.63) is 82.6 Å². The lowest BCUT2D eigenvalue weighted by Crippen LogP contribution is -2.32. The summed E-state index contributed by atoms with van der Waals surface area (Å²) in [5.74, 6) is 0.769. The molecule has 0 radical (unpaired) electrons. The molecule has 5 rings (SSSR count). The van der Waals surface area contributed by atoms with E-state index in [0.29, 0.717) is 12.1 Å². The number of hydrogen-bond acceptors (Lipinski definition) is 4. The van der Waals surface area contributed by atoms with Gasteiger partial charge in [-0.3, -0.25) is 4.79 Å². The lowest BCUT2D eigenvalue weighted by molar-refractivity contribution is 0.438. The van der Waals surface area contributed by atoms with Gasteiger partial charge in [0.15, 0.2) is 5.13 Å². The fourth-order valence-electron chi connectivity index (χ4n) is 4.16. The number of piperidine rings is 1. The van der Waals surface area contributed by atoms with Crippen molar-refractivity contribution in [2.75, 3.05) is 18.0 Å². The number of thiazole rings is 1. The summed E-state index contributed by atoms with van der Waals surface area (Å²) < 4.78 is 2.17. The van der Waals surface area contributed by atoms with Crippen LogP contribution in [0.4, 0.5) is 5.13 Å². The fraction of sp³-hybridized carbons (Fsp3) is 0.280. The van der Waals surface area contributed by atoms with Gasteiger partial charge < -0.3 is 9.47 Å². The molecule has 4 aromatic rings. The zero-order valence-electron chi connectivity index (χ0n) is 17.1. The summed E-state index contributed by atoms with van der Waals surface area (Å²) in [4.78, 5) is 20.6. The summed E-state index contributed by atoms with van der Waals surface area (Å²) >= 11 is 1.64. The highest BCUT2D eigenvalue weighted by atomic mass is 32.1. The molecule has 0 bridgehead atoms. The largest absolute Gasteiger partial charge is 0.348 e. The van der Waals surface area contributed by atoms with Gasteiger partial charge in [-0.05, 0) is 35.4 Å². The zero-order chi connectivity index (χ0) is 20.5. The van der Waals surface area contributed by atoms with E-state index in [1.54, 1.807) is 17.4 Å². The predicted octanol–water partition coefficient (Wildman–Crippen LogP) is 5.41. The third-order valence-electron chi connectivity index (χ3n) is 6.00. The van der Waals surface area contributed by atoms with Crippen LogP contribution in [-0.4, -0.2) is 22.6 Å². The minimum absolute atomic E-state index is 0.00507. The quantitative estimate of drug-likeness (QED) is 0.447. The SMILES string of the molecule is CC1CCN(c2nc3c(=O)ccn(Cc4ccccc4-c4ccccc4)c3s2)CC1. The number of fused-ring (bicyclic) bond motifs is 1. The second-order valence-corrected chi connectivity index (χ2v) is 9.11. The average molecular weight is 416 g/mol. The molecule has 5 heteroatoms. The van der Waals surface area contributed by atoms with Crippen molar-refractivity contribution in [3.8, 4) is 11.1 Å². The normalized spacial score (nSPS) is 15.0. The highest BCUT2D eigenvalue weighted by Crippen LogP contribution is 2.31. The molecule has 1 aliphatic rings. The molecule has 0 spiro atoms. The minimum atomic E-state index is 0.00507. The van der Waals surface area contributed by atoms with Gasteiger partial charge in [0.2, 0.25) is 5.43 Å². The van der Waals surface area contributed by atoms with Gasteiger partial charge in [-0.25, -0.2) is 4.98 Å². The molecule has 3 heterocycles. The van der Waals surface area contributed by atoms with Gasteiger partial charge in [-0.15, -0.1) is 0 Å². The zero-order valence-corrected chi connectivity index (χ0v) is 17.9. The van der Waals surface area contributed by atoms with Gasteiger partial charge in [0, 0.05) is 31.9 Å². The lowest BCUT2D eigenvalue weighted by Gasteiger charge is -2.29. The molecule has 152 valence electrons. The first-order valence-corrected chi connectivity index (χ1v) is 11.4. The molecule has 0 aliphatic carbocycles. The molecule has 2 aromatic heterocycles. The van der Waals surface area contributed by atoms with E-state index in [2.05, 4.69) is 64.9 Å². The molecule has 0 saturated carbocycles. The molecule has 2 aromatic carbocycles. The topological polar surface area (TPSA) is 38.1 Å². The number of pyridine rings is 1. The molecular weight excluding hydrogens is 390 g/mol. The van der Waals surface area contributed by atoms with Crippen LogP contribution >= 0.6 is 11.3 Å². The number of benzene rings is 2. The summed E-state index contributed by atoms with van der Waals surface area (Å²) in [6.07, 6.45) is 4.28. The molecule has 0 amide bonds. The van der Waals surface area contributed by atoms with E-state index in [1.807, 2.05) is 12.3 Å². The van der Waals surface area contributed by atoms with Crippen LogP contribution in [-0.2, 0) is 6.54 Å². The van der Waals surface area contributed by atoms with Gasteiger partial charge >= 0.3 is 0 Å². The maximum Gasteiger partial charge on any atom is 0.208 e. The van der Waals surface area contributed by atoms with Crippen LogP contribution in [0.5, 0.6) is 0 Å². The van der Waals surface area contributed by atoms with E-state index in [4.69, 9.17) is 4.98 Å². The maximum absolute atomic E-state index is 12.5. The van der Waals surface area contributed by atoms with Gasteiger partial charge in [0.05, 0.1) is 0 Å². The summed E-state index contributed by atoms with van der Waals surface area (Å²) in [5, 5.41) is 0.977. The Hall–Kier alpha value is -2.92. The Morgan fingerprint density at radius 3 is 2.53 bits per heavy atom. The number of aromatic nitrogens is 2. The Kier molecular flexibility index (Phi) is 5.13. The second kappa shape index (κ2) is 8.07. The smallest absolute Gasteiger partial charge is 0.208 e. The van der Waals surface area contributed by atoms with Gasteiger partial charge in [-0.1, -0.05) is 72.9 Å². The van der Waals surface area contributed by atoms with Crippen molar-refractivity contribution in [1.82, 2.24) is 9.55 Å². The van der Waals surface area contributed by atoms with Crippen molar-refractivity contribution in [2.24, 2.45) is 5.92 Å². The van der Waals surface area contributed by atoms with Crippen LogP contribution in [0, 0.1) is 5.92 Å². The van der Waals surface area contributed by atoms with E-state index >= 15 is 0 Å². The van der Waals surface area contributed by atoms with Crippen LogP contribution < -0.4 is 10.3 Å². The van der Waals surface area contributed by atoms with Crippen molar-refractivity contribution in [3.63, 3.8) is 0 Å². The Bertz CT molecular complexity index is 1220. The maximum atomic E-state index is 12.5. The van der Waals surface area contributed by atoms with E-state index in [-0.39, 0.29) is 5.43 Å². The number of rotatable bonds is 4. The average Bonchev–Trinajstić information content (AvgIpc) is 3.24. The summed E-state index contributed by atoms with van der Waals surface area (Å²) in [6, 6.07) is 20.6. The number of anilines is 1. The highest BCUT2D eigenvalue weighted by molar-refractivity contribution is 7.21. The summed E-state index contributed by atoms with van der Waals surface area (Å²) in [5.41, 5.74) is 4.26. The molecule has 1 saturated heterocycles. The highest BCUT2D eigenvalue weighted by Gasteiger charge is 2.20. The monoisotopic (exact) mass is 415 g/mol. The number of hydrogen-bond donors (Lipinski definition) is 0. The van der Waals surface area contributed by atoms with Gasteiger partial charge in [0.25, 0.3) is 0 Å². The van der Waals surface area contributed by atoms with E-state index < -0.39 is 0 Å². The van der Waals surface area contributed by atoms with E-state index in [0.717, 1.165) is 29.0 Å². The van der Waals surface area contributed by atoms with Gasteiger partial charge in [0.1, 0.15) is 10.3 Å². The first-order chi connectivity index (χ1) is 14.7. The minimum Gasteiger partial charge on any atom is -0.348 e.